The molecular weight excluding hydrogens is 258 g/mol. The first-order valence-corrected chi connectivity index (χ1v) is 7.60. The number of ether oxygens (including phenoxy) is 1. The van der Waals surface area contributed by atoms with E-state index in [1.807, 2.05) is 6.07 Å². The van der Waals surface area contributed by atoms with Crippen molar-refractivity contribution in [2.24, 2.45) is 5.92 Å². The number of nitrogens with zero attached hydrogens (tertiary/aromatic N) is 1. The Bertz CT molecular complexity index is 620. The molecule has 2 aromatic rings. The third kappa shape index (κ3) is 2.96. The predicted molar refractivity (Wildman–Crippen MR) is 86.7 cm³/mol. The molecule has 0 N–H and O–H groups in total. The molecule has 0 aliphatic heterocycles. The summed E-state index contributed by atoms with van der Waals surface area (Å²) in [7, 11) is 4.27. The normalized spacial score (nSPS) is 20.6. The molecule has 2 heteroatoms. The van der Waals surface area contributed by atoms with Crippen molar-refractivity contribution in [2.45, 2.75) is 19.4 Å². The zero-order valence-corrected chi connectivity index (χ0v) is 13.0. The van der Waals surface area contributed by atoms with Crippen molar-refractivity contribution in [3.05, 3.63) is 65.2 Å². The molecule has 0 bridgehead atoms. The van der Waals surface area contributed by atoms with Crippen LogP contribution in [-0.4, -0.2) is 25.5 Å². The van der Waals surface area contributed by atoms with Crippen LogP contribution in [0.2, 0.25) is 0 Å². The molecule has 0 fully saturated rings. The summed E-state index contributed by atoms with van der Waals surface area (Å²) in [6.45, 7) is 3.16. The highest BCUT2D eigenvalue weighted by Crippen LogP contribution is 2.40. The van der Waals surface area contributed by atoms with Gasteiger partial charge in [-0.3, -0.25) is 0 Å². The van der Waals surface area contributed by atoms with Gasteiger partial charge in [-0.1, -0.05) is 42.5 Å². The second kappa shape index (κ2) is 5.90. The molecule has 21 heavy (non-hydrogen) atoms. The van der Waals surface area contributed by atoms with Crippen LogP contribution in [0.3, 0.4) is 0 Å². The Morgan fingerprint density at radius 1 is 1.05 bits per heavy atom. The third-order valence-electron chi connectivity index (χ3n) is 4.22. The van der Waals surface area contributed by atoms with Crippen LogP contribution in [0.4, 0.5) is 0 Å². The Kier molecular flexibility index (Phi) is 3.98. The second-order valence-electron chi connectivity index (χ2n) is 6.23. The summed E-state index contributed by atoms with van der Waals surface area (Å²) in [5.41, 5.74) is 3.99. The molecule has 110 valence electrons. The Morgan fingerprint density at radius 2 is 1.76 bits per heavy atom. The van der Waals surface area contributed by atoms with E-state index in [2.05, 4.69) is 68.4 Å². The maximum absolute atomic E-state index is 6.42. The van der Waals surface area contributed by atoms with Crippen LogP contribution in [0.15, 0.2) is 48.5 Å². The molecule has 1 aliphatic carbocycles. The minimum absolute atomic E-state index is 0.157. The monoisotopic (exact) mass is 281 g/mol. The summed E-state index contributed by atoms with van der Waals surface area (Å²) in [5.74, 6) is 1.51. The minimum Gasteiger partial charge on any atom is -0.485 e. The van der Waals surface area contributed by atoms with Crippen molar-refractivity contribution in [2.75, 3.05) is 20.6 Å². The molecule has 3 rings (SSSR count). The van der Waals surface area contributed by atoms with Crippen LogP contribution < -0.4 is 4.74 Å². The topological polar surface area (TPSA) is 12.5 Å². The third-order valence-corrected chi connectivity index (χ3v) is 4.22. The van der Waals surface area contributed by atoms with E-state index in [1.165, 1.54) is 16.7 Å². The first-order valence-electron chi connectivity index (χ1n) is 7.60. The fourth-order valence-electron chi connectivity index (χ4n) is 3.26. The smallest absolute Gasteiger partial charge is 0.128 e. The highest BCUT2D eigenvalue weighted by atomic mass is 16.5. The van der Waals surface area contributed by atoms with Crippen molar-refractivity contribution in [1.82, 2.24) is 4.90 Å². The van der Waals surface area contributed by atoms with Crippen LogP contribution in [0, 0.1) is 12.8 Å². The molecule has 0 heterocycles. The van der Waals surface area contributed by atoms with E-state index >= 15 is 0 Å². The summed E-state index contributed by atoms with van der Waals surface area (Å²) < 4.78 is 6.42. The van der Waals surface area contributed by atoms with E-state index in [0.29, 0.717) is 5.92 Å². The number of para-hydroxylation sites is 1. The van der Waals surface area contributed by atoms with Crippen molar-refractivity contribution in [3.8, 4) is 5.75 Å². The highest BCUT2D eigenvalue weighted by molar-refractivity contribution is 5.38. The van der Waals surface area contributed by atoms with E-state index in [4.69, 9.17) is 4.74 Å². The first kappa shape index (κ1) is 14.2. The molecule has 0 amide bonds. The van der Waals surface area contributed by atoms with E-state index < -0.39 is 0 Å². The number of fused-ring (bicyclic) bond motifs is 1. The van der Waals surface area contributed by atoms with Crippen molar-refractivity contribution < 1.29 is 4.74 Å². The van der Waals surface area contributed by atoms with Gasteiger partial charge in [0.1, 0.15) is 11.9 Å². The van der Waals surface area contributed by atoms with Crippen LogP contribution in [0.1, 0.15) is 22.8 Å². The van der Waals surface area contributed by atoms with Gasteiger partial charge in [0, 0.05) is 12.5 Å². The van der Waals surface area contributed by atoms with Gasteiger partial charge in [0.05, 0.1) is 0 Å². The van der Waals surface area contributed by atoms with E-state index in [0.717, 1.165) is 18.7 Å². The van der Waals surface area contributed by atoms with E-state index in [1.54, 1.807) is 0 Å². The van der Waals surface area contributed by atoms with Crippen molar-refractivity contribution in [1.29, 1.82) is 0 Å². The summed E-state index contributed by atoms with van der Waals surface area (Å²) in [6.07, 6.45) is 1.26. The minimum atomic E-state index is 0.157. The Hall–Kier alpha value is -1.80. The molecule has 0 spiro atoms. The van der Waals surface area contributed by atoms with Crippen LogP contribution >= 0.6 is 0 Å². The van der Waals surface area contributed by atoms with Gasteiger partial charge >= 0.3 is 0 Å². The lowest BCUT2D eigenvalue weighted by Crippen LogP contribution is -2.27. The van der Waals surface area contributed by atoms with Crippen LogP contribution in [0.25, 0.3) is 0 Å². The van der Waals surface area contributed by atoms with Gasteiger partial charge in [-0.05, 0) is 50.2 Å². The fourth-order valence-corrected chi connectivity index (χ4v) is 3.26. The lowest BCUT2D eigenvalue weighted by Gasteiger charge is -2.25. The largest absolute Gasteiger partial charge is 0.485 e. The Morgan fingerprint density at radius 3 is 2.52 bits per heavy atom. The second-order valence-corrected chi connectivity index (χ2v) is 6.23. The van der Waals surface area contributed by atoms with Gasteiger partial charge in [0.25, 0.3) is 0 Å². The average molecular weight is 281 g/mol. The van der Waals surface area contributed by atoms with Crippen LogP contribution in [0.5, 0.6) is 5.75 Å². The van der Waals surface area contributed by atoms with Gasteiger partial charge in [0.2, 0.25) is 0 Å². The fraction of sp³-hybridized carbons (Fsp3) is 0.368. The quantitative estimate of drug-likeness (QED) is 0.844. The summed E-state index contributed by atoms with van der Waals surface area (Å²) >= 11 is 0. The van der Waals surface area contributed by atoms with Gasteiger partial charge < -0.3 is 9.64 Å². The highest BCUT2D eigenvalue weighted by Gasteiger charge is 2.34. The molecule has 0 unspecified atom stereocenters. The maximum Gasteiger partial charge on any atom is 0.128 e. The number of aryl methyl sites for hydroxylation is 1. The van der Waals surface area contributed by atoms with Crippen molar-refractivity contribution in [3.63, 3.8) is 0 Å². The summed E-state index contributed by atoms with van der Waals surface area (Å²) in [6, 6.07) is 17.0. The summed E-state index contributed by atoms with van der Waals surface area (Å²) in [4.78, 5) is 2.25. The molecule has 2 atom stereocenters. The number of benzene rings is 2. The molecule has 0 saturated carbocycles. The standard InChI is InChI=1S/C19H23NO/c1-14-8-4-7-11-18(14)21-19-16(13-20(2)3)12-15-9-5-6-10-17(15)19/h4-11,16,19H,12-13H2,1-3H3/t16-,19+/m0/s1. The zero-order chi connectivity index (χ0) is 14.8. The van der Waals surface area contributed by atoms with E-state index in [-0.39, 0.29) is 6.10 Å². The molecular formula is C19H23NO. The Labute approximate surface area is 127 Å². The number of hydrogen-bond acceptors (Lipinski definition) is 2. The number of hydrogen-bond donors (Lipinski definition) is 0. The molecule has 0 saturated heterocycles. The van der Waals surface area contributed by atoms with Gasteiger partial charge in [-0.15, -0.1) is 0 Å². The lowest BCUT2D eigenvalue weighted by molar-refractivity contribution is 0.127. The molecule has 0 radical (unpaired) electrons. The van der Waals surface area contributed by atoms with Gasteiger partial charge in [0.15, 0.2) is 0 Å². The van der Waals surface area contributed by atoms with Crippen LogP contribution in [-0.2, 0) is 6.42 Å². The molecule has 1 aliphatic rings. The SMILES string of the molecule is Cc1ccccc1O[C@H]1c2ccccc2C[C@H]1CN(C)C. The predicted octanol–water partition coefficient (Wildman–Crippen LogP) is 3.85. The van der Waals surface area contributed by atoms with Crippen molar-refractivity contribution >= 4 is 0 Å². The maximum atomic E-state index is 6.42. The lowest BCUT2D eigenvalue weighted by atomic mass is 10.0. The average Bonchev–Trinajstić information content (AvgIpc) is 2.78. The molecule has 2 aromatic carbocycles. The Balaban J connectivity index is 1.90. The molecule has 2 nitrogen and oxygen atoms in total. The first-order chi connectivity index (χ1) is 10.1. The molecule has 0 aromatic heterocycles. The zero-order valence-electron chi connectivity index (χ0n) is 13.0. The number of rotatable bonds is 4. The van der Waals surface area contributed by atoms with Gasteiger partial charge in [-0.25, -0.2) is 0 Å². The van der Waals surface area contributed by atoms with E-state index in [9.17, 15) is 0 Å². The summed E-state index contributed by atoms with van der Waals surface area (Å²) in [5, 5.41) is 0. The van der Waals surface area contributed by atoms with Gasteiger partial charge in [-0.2, -0.15) is 0 Å².